The fourth-order valence-corrected chi connectivity index (χ4v) is 1.95. The van der Waals surface area contributed by atoms with Crippen LogP contribution in [-0.2, 0) is 16.8 Å². The zero-order valence-electron chi connectivity index (χ0n) is 6.16. The molecule has 0 atom stereocenters. The highest BCUT2D eigenvalue weighted by Crippen LogP contribution is 2.22. The molecule has 0 bridgehead atoms. The summed E-state index contributed by atoms with van der Waals surface area (Å²) in [5.41, 5.74) is 0. The molecule has 1 aromatic heterocycles. The summed E-state index contributed by atoms with van der Waals surface area (Å²) in [4.78, 5) is 0. The third kappa shape index (κ3) is 1.59. The summed E-state index contributed by atoms with van der Waals surface area (Å²) >= 11 is 5.41. The Bertz CT molecular complexity index is 386. The Morgan fingerprint density at radius 2 is 2.33 bits per heavy atom. The molecule has 0 unspecified atom stereocenters. The van der Waals surface area contributed by atoms with Gasteiger partial charge in [0.15, 0.2) is 0 Å². The third-order valence-electron chi connectivity index (χ3n) is 1.28. The topological polar surface area (TPSA) is 52.0 Å². The van der Waals surface area contributed by atoms with Gasteiger partial charge in [-0.1, -0.05) is 15.5 Å². The molecule has 0 aliphatic carbocycles. The monoisotopic (exact) mass is 212 g/mol. The Morgan fingerprint density at radius 1 is 1.75 bits per heavy atom. The Morgan fingerprint density at radius 3 is 2.67 bits per heavy atom. The van der Waals surface area contributed by atoms with E-state index in [0.29, 0.717) is 0 Å². The molecule has 12 heavy (non-hydrogen) atoms. The quantitative estimate of drug-likeness (QED) is 0.693. The summed E-state index contributed by atoms with van der Waals surface area (Å²) in [5, 5.41) is 2.79. The standard InChI is InChI=1S/C5H6ClFN2O2S/c1-2-9-5(12(7,10)11)4(6)3-8-9/h3H,2H2,1H3. The van der Waals surface area contributed by atoms with Crippen molar-refractivity contribution in [2.45, 2.75) is 18.5 Å². The molecule has 0 aliphatic heterocycles. The Hall–Kier alpha value is -0.620. The zero-order chi connectivity index (χ0) is 9.35. The van der Waals surface area contributed by atoms with Crippen LogP contribution in [0.5, 0.6) is 0 Å². The maximum Gasteiger partial charge on any atom is 0.350 e. The SMILES string of the molecule is CCn1ncc(Cl)c1S(=O)(=O)F. The minimum atomic E-state index is -4.76. The number of halogens is 2. The Labute approximate surface area is 74.2 Å². The van der Waals surface area contributed by atoms with Gasteiger partial charge in [-0.15, -0.1) is 0 Å². The van der Waals surface area contributed by atoms with Gasteiger partial charge in [0.25, 0.3) is 0 Å². The predicted molar refractivity (Wildman–Crippen MR) is 41.2 cm³/mol. The van der Waals surface area contributed by atoms with Crippen molar-refractivity contribution >= 4 is 21.8 Å². The molecule has 4 nitrogen and oxygen atoms in total. The summed E-state index contributed by atoms with van der Waals surface area (Å²) in [7, 11) is -4.76. The van der Waals surface area contributed by atoms with E-state index in [0.717, 1.165) is 10.9 Å². The number of hydrogen-bond acceptors (Lipinski definition) is 3. The molecular formula is C5H6ClFN2O2S. The van der Waals surface area contributed by atoms with Crippen LogP contribution in [0.4, 0.5) is 3.89 Å². The molecule has 0 N–H and O–H groups in total. The second-order valence-corrected chi connectivity index (χ2v) is 3.72. The molecule has 0 fully saturated rings. The first-order valence-electron chi connectivity index (χ1n) is 3.12. The highest BCUT2D eigenvalue weighted by atomic mass is 35.5. The molecule has 0 saturated carbocycles. The van der Waals surface area contributed by atoms with E-state index in [1.807, 2.05) is 0 Å². The third-order valence-corrected chi connectivity index (χ3v) is 2.56. The van der Waals surface area contributed by atoms with Crippen LogP contribution in [0.3, 0.4) is 0 Å². The zero-order valence-corrected chi connectivity index (χ0v) is 7.73. The van der Waals surface area contributed by atoms with Crippen molar-refractivity contribution in [1.82, 2.24) is 9.78 Å². The molecule has 0 spiro atoms. The highest BCUT2D eigenvalue weighted by molar-refractivity contribution is 7.86. The first kappa shape index (κ1) is 9.47. The summed E-state index contributed by atoms with van der Waals surface area (Å²) in [6.07, 6.45) is 1.09. The number of aryl methyl sites for hydroxylation is 1. The average Bonchev–Trinajstić information content (AvgIpc) is 2.29. The van der Waals surface area contributed by atoms with Gasteiger partial charge in [0.1, 0.15) is 5.02 Å². The molecular weight excluding hydrogens is 207 g/mol. The van der Waals surface area contributed by atoms with Crippen molar-refractivity contribution in [2.75, 3.05) is 0 Å². The smallest absolute Gasteiger partial charge is 0.251 e. The fourth-order valence-electron chi connectivity index (χ4n) is 0.819. The van der Waals surface area contributed by atoms with E-state index in [4.69, 9.17) is 11.6 Å². The van der Waals surface area contributed by atoms with Gasteiger partial charge < -0.3 is 0 Å². The number of aromatic nitrogens is 2. The van der Waals surface area contributed by atoms with Gasteiger partial charge in [0.05, 0.1) is 6.20 Å². The molecule has 1 aromatic rings. The van der Waals surface area contributed by atoms with Gasteiger partial charge >= 0.3 is 10.2 Å². The van der Waals surface area contributed by atoms with Crippen molar-refractivity contribution in [3.05, 3.63) is 11.2 Å². The number of hydrogen-bond donors (Lipinski definition) is 0. The van der Waals surface area contributed by atoms with Crippen LogP contribution in [0.15, 0.2) is 11.2 Å². The lowest BCUT2D eigenvalue weighted by molar-refractivity contribution is 0.520. The lowest BCUT2D eigenvalue weighted by Crippen LogP contribution is -2.05. The maximum atomic E-state index is 12.5. The molecule has 0 aromatic carbocycles. The minimum Gasteiger partial charge on any atom is -0.251 e. The van der Waals surface area contributed by atoms with Gasteiger partial charge in [-0.05, 0) is 6.92 Å². The van der Waals surface area contributed by atoms with Crippen LogP contribution in [0.25, 0.3) is 0 Å². The maximum absolute atomic E-state index is 12.5. The molecule has 68 valence electrons. The van der Waals surface area contributed by atoms with Crippen LogP contribution in [0, 0.1) is 0 Å². The van der Waals surface area contributed by atoms with Crippen LogP contribution in [0.2, 0.25) is 5.02 Å². The van der Waals surface area contributed by atoms with Gasteiger partial charge in [-0.25, -0.2) is 0 Å². The fraction of sp³-hybridized carbons (Fsp3) is 0.400. The summed E-state index contributed by atoms with van der Waals surface area (Å²) in [6, 6.07) is 0. The first-order chi connectivity index (χ1) is 5.46. The molecule has 1 rings (SSSR count). The van der Waals surface area contributed by atoms with E-state index in [9.17, 15) is 12.3 Å². The van der Waals surface area contributed by atoms with Crippen molar-refractivity contribution in [2.24, 2.45) is 0 Å². The first-order valence-corrected chi connectivity index (χ1v) is 4.89. The van der Waals surface area contributed by atoms with Crippen molar-refractivity contribution in [3.63, 3.8) is 0 Å². The van der Waals surface area contributed by atoms with E-state index < -0.39 is 15.2 Å². The number of nitrogens with zero attached hydrogens (tertiary/aromatic N) is 2. The molecule has 7 heteroatoms. The molecule has 0 saturated heterocycles. The van der Waals surface area contributed by atoms with Crippen LogP contribution >= 0.6 is 11.6 Å². The minimum absolute atomic E-state index is 0.195. The normalized spacial score (nSPS) is 11.9. The van der Waals surface area contributed by atoms with Gasteiger partial charge in [-0.3, -0.25) is 4.68 Å². The molecule has 0 aliphatic rings. The Balaban J connectivity index is 3.39. The van der Waals surface area contributed by atoms with Crippen molar-refractivity contribution < 1.29 is 12.3 Å². The van der Waals surface area contributed by atoms with Crippen molar-refractivity contribution in [3.8, 4) is 0 Å². The van der Waals surface area contributed by atoms with Gasteiger partial charge in [0, 0.05) is 6.54 Å². The van der Waals surface area contributed by atoms with Crippen LogP contribution in [0.1, 0.15) is 6.92 Å². The lowest BCUT2D eigenvalue weighted by atomic mass is 10.7. The molecule has 0 amide bonds. The van der Waals surface area contributed by atoms with Crippen LogP contribution < -0.4 is 0 Å². The van der Waals surface area contributed by atoms with Crippen LogP contribution in [-0.4, -0.2) is 18.2 Å². The van der Waals surface area contributed by atoms with Gasteiger partial charge in [0.2, 0.25) is 5.03 Å². The van der Waals surface area contributed by atoms with E-state index in [2.05, 4.69) is 5.10 Å². The van der Waals surface area contributed by atoms with E-state index in [1.54, 1.807) is 6.92 Å². The predicted octanol–water partition coefficient (Wildman–Crippen LogP) is 1.21. The van der Waals surface area contributed by atoms with E-state index in [-0.39, 0.29) is 11.6 Å². The summed E-state index contributed by atoms with van der Waals surface area (Å²) < 4.78 is 34.4. The van der Waals surface area contributed by atoms with E-state index >= 15 is 0 Å². The second-order valence-electron chi connectivity index (χ2n) is 2.05. The molecule has 1 heterocycles. The summed E-state index contributed by atoms with van der Waals surface area (Å²) in [6.45, 7) is 1.89. The van der Waals surface area contributed by atoms with Gasteiger partial charge in [-0.2, -0.15) is 13.5 Å². The number of rotatable bonds is 2. The average molecular weight is 213 g/mol. The second kappa shape index (κ2) is 3.02. The lowest BCUT2D eigenvalue weighted by Gasteiger charge is -1.98. The van der Waals surface area contributed by atoms with E-state index in [1.165, 1.54) is 0 Å². The summed E-state index contributed by atoms with van der Waals surface area (Å²) in [5.74, 6) is 0. The van der Waals surface area contributed by atoms with Crippen molar-refractivity contribution in [1.29, 1.82) is 0 Å². The molecule has 0 radical (unpaired) electrons. The highest BCUT2D eigenvalue weighted by Gasteiger charge is 2.22. The Kier molecular flexibility index (Phi) is 2.39. The largest absolute Gasteiger partial charge is 0.350 e.